The van der Waals surface area contributed by atoms with Gasteiger partial charge in [-0.1, -0.05) is 35.3 Å². The lowest BCUT2D eigenvalue weighted by Gasteiger charge is -2.14. The minimum atomic E-state index is -0.296. The zero-order valence-electron chi connectivity index (χ0n) is 15.4. The summed E-state index contributed by atoms with van der Waals surface area (Å²) in [7, 11) is 0. The quantitative estimate of drug-likeness (QED) is 0.674. The van der Waals surface area contributed by atoms with Crippen LogP contribution in [0.5, 0.6) is 0 Å². The van der Waals surface area contributed by atoms with Gasteiger partial charge in [-0.05, 0) is 55.8 Å². The fraction of sp³-hybridized carbons (Fsp3) is 0.350. The van der Waals surface area contributed by atoms with Crippen molar-refractivity contribution in [2.75, 3.05) is 26.2 Å². The highest BCUT2D eigenvalue weighted by Crippen LogP contribution is 2.15. The van der Waals surface area contributed by atoms with E-state index in [2.05, 4.69) is 20.5 Å². The summed E-state index contributed by atoms with van der Waals surface area (Å²) in [5.41, 5.74) is 1.83. The first-order valence-electron chi connectivity index (χ1n) is 9.22. The smallest absolute Gasteiger partial charge is 0.251 e. The van der Waals surface area contributed by atoms with Crippen molar-refractivity contribution >= 4 is 35.0 Å². The number of carbonyl (C=O) groups excluding carboxylic acids is 2. The van der Waals surface area contributed by atoms with E-state index in [1.807, 2.05) is 12.1 Å². The first-order chi connectivity index (χ1) is 13.5. The standard InChI is InChI=1S/C20H22Cl2N4O2/c21-17-11-16(12-18(22)25-17)20(28)24-13-14-3-5-15(6-4-14)19(27)23-7-10-26-8-1-2-9-26/h3-6,11-12H,1-2,7-10,13H2,(H,23,27)(H,24,28). The molecule has 0 radical (unpaired) electrons. The summed E-state index contributed by atoms with van der Waals surface area (Å²) in [6.45, 7) is 4.10. The van der Waals surface area contributed by atoms with Crippen molar-refractivity contribution in [2.45, 2.75) is 19.4 Å². The van der Waals surface area contributed by atoms with E-state index >= 15 is 0 Å². The topological polar surface area (TPSA) is 74.3 Å². The number of pyridine rings is 1. The predicted octanol–water partition coefficient (Wildman–Crippen LogP) is 3.14. The van der Waals surface area contributed by atoms with Gasteiger partial charge in [-0.15, -0.1) is 0 Å². The number of rotatable bonds is 7. The predicted molar refractivity (Wildman–Crippen MR) is 110 cm³/mol. The van der Waals surface area contributed by atoms with Crippen LogP contribution in [-0.2, 0) is 6.54 Å². The van der Waals surface area contributed by atoms with Gasteiger partial charge in [0.05, 0.1) is 0 Å². The normalized spacial score (nSPS) is 14.1. The number of nitrogens with one attached hydrogen (secondary N) is 2. The second-order valence-corrected chi connectivity index (χ2v) is 7.46. The Morgan fingerprint density at radius 2 is 1.54 bits per heavy atom. The molecule has 8 heteroatoms. The number of likely N-dealkylation sites (tertiary alicyclic amines) is 1. The van der Waals surface area contributed by atoms with Crippen molar-refractivity contribution in [3.63, 3.8) is 0 Å². The van der Waals surface area contributed by atoms with Crippen LogP contribution in [0.3, 0.4) is 0 Å². The van der Waals surface area contributed by atoms with E-state index in [1.54, 1.807) is 12.1 Å². The van der Waals surface area contributed by atoms with E-state index in [9.17, 15) is 9.59 Å². The van der Waals surface area contributed by atoms with Gasteiger partial charge in [0.25, 0.3) is 11.8 Å². The number of aromatic nitrogens is 1. The van der Waals surface area contributed by atoms with Gasteiger partial charge >= 0.3 is 0 Å². The second-order valence-electron chi connectivity index (χ2n) is 6.69. The number of halogens is 2. The lowest BCUT2D eigenvalue weighted by Crippen LogP contribution is -2.33. The van der Waals surface area contributed by atoms with Gasteiger partial charge < -0.3 is 15.5 Å². The highest BCUT2D eigenvalue weighted by atomic mass is 35.5. The fourth-order valence-corrected chi connectivity index (χ4v) is 3.55. The molecule has 2 amide bonds. The van der Waals surface area contributed by atoms with Crippen LogP contribution in [0, 0.1) is 0 Å². The van der Waals surface area contributed by atoms with Gasteiger partial charge in [-0.3, -0.25) is 9.59 Å². The Labute approximate surface area is 174 Å². The molecule has 2 aromatic rings. The third-order valence-electron chi connectivity index (χ3n) is 4.61. The molecular formula is C20H22Cl2N4O2. The maximum atomic E-state index is 12.2. The lowest BCUT2D eigenvalue weighted by molar-refractivity contribution is 0.0941. The van der Waals surface area contributed by atoms with Gasteiger partial charge in [-0.2, -0.15) is 0 Å². The molecule has 1 aliphatic rings. The number of nitrogens with zero attached hydrogens (tertiary/aromatic N) is 2. The lowest BCUT2D eigenvalue weighted by atomic mass is 10.1. The molecule has 0 bridgehead atoms. The highest BCUT2D eigenvalue weighted by Gasteiger charge is 2.12. The van der Waals surface area contributed by atoms with Crippen LogP contribution in [0.4, 0.5) is 0 Å². The van der Waals surface area contributed by atoms with Crippen molar-refractivity contribution < 1.29 is 9.59 Å². The maximum Gasteiger partial charge on any atom is 0.251 e. The van der Waals surface area contributed by atoms with Gasteiger partial charge in [0.15, 0.2) is 0 Å². The van der Waals surface area contributed by atoms with Gasteiger partial charge in [0.1, 0.15) is 10.3 Å². The zero-order chi connectivity index (χ0) is 19.9. The number of carbonyl (C=O) groups is 2. The van der Waals surface area contributed by atoms with E-state index < -0.39 is 0 Å². The molecule has 1 aromatic carbocycles. The Balaban J connectivity index is 1.46. The molecule has 28 heavy (non-hydrogen) atoms. The number of hydrogen-bond donors (Lipinski definition) is 2. The van der Waals surface area contributed by atoms with E-state index in [0.717, 1.165) is 25.2 Å². The van der Waals surface area contributed by atoms with Crippen molar-refractivity contribution in [3.8, 4) is 0 Å². The Morgan fingerprint density at radius 3 is 2.18 bits per heavy atom. The molecule has 1 saturated heterocycles. The number of benzene rings is 1. The van der Waals surface area contributed by atoms with Crippen LogP contribution >= 0.6 is 23.2 Å². The van der Waals surface area contributed by atoms with Crippen molar-refractivity contribution in [1.29, 1.82) is 0 Å². The monoisotopic (exact) mass is 420 g/mol. The van der Waals surface area contributed by atoms with E-state index in [1.165, 1.54) is 25.0 Å². The minimum absolute atomic E-state index is 0.0872. The molecule has 0 spiro atoms. The van der Waals surface area contributed by atoms with E-state index in [4.69, 9.17) is 23.2 Å². The van der Waals surface area contributed by atoms with Crippen molar-refractivity contribution in [1.82, 2.24) is 20.5 Å². The van der Waals surface area contributed by atoms with Crippen LogP contribution in [-0.4, -0.2) is 47.9 Å². The van der Waals surface area contributed by atoms with Gasteiger partial charge in [0.2, 0.25) is 0 Å². The summed E-state index contributed by atoms with van der Waals surface area (Å²) < 4.78 is 0. The van der Waals surface area contributed by atoms with Crippen LogP contribution in [0.15, 0.2) is 36.4 Å². The van der Waals surface area contributed by atoms with Crippen LogP contribution < -0.4 is 10.6 Å². The molecule has 0 aliphatic carbocycles. The second kappa shape index (κ2) is 9.87. The summed E-state index contributed by atoms with van der Waals surface area (Å²) >= 11 is 11.6. The molecular weight excluding hydrogens is 399 g/mol. The maximum absolute atomic E-state index is 12.2. The Kier molecular flexibility index (Phi) is 7.25. The minimum Gasteiger partial charge on any atom is -0.351 e. The molecule has 1 aliphatic heterocycles. The number of hydrogen-bond acceptors (Lipinski definition) is 4. The van der Waals surface area contributed by atoms with Gasteiger partial charge in [-0.25, -0.2) is 4.98 Å². The molecule has 0 atom stereocenters. The molecule has 3 rings (SSSR count). The SMILES string of the molecule is O=C(NCCN1CCCC1)c1ccc(CNC(=O)c2cc(Cl)nc(Cl)c2)cc1. The van der Waals surface area contributed by atoms with Crippen molar-refractivity contribution in [2.24, 2.45) is 0 Å². The van der Waals surface area contributed by atoms with Crippen LogP contribution in [0.2, 0.25) is 10.3 Å². The van der Waals surface area contributed by atoms with Crippen molar-refractivity contribution in [3.05, 3.63) is 63.4 Å². The summed E-state index contributed by atoms with van der Waals surface area (Å²) in [4.78, 5) is 30.6. The van der Waals surface area contributed by atoms with Crippen LogP contribution in [0.25, 0.3) is 0 Å². The first-order valence-corrected chi connectivity index (χ1v) is 9.97. The average molecular weight is 421 g/mol. The summed E-state index contributed by atoms with van der Waals surface area (Å²) in [5.74, 6) is -0.384. The fourth-order valence-electron chi connectivity index (χ4n) is 3.09. The Bertz CT molecular complexity index is 816. The molecule has 1 fully saturated rings. The molecule has 1 aromatic heterocycles. The molecule has 148 valence electrons. The third kappa shape index (κ3) is 5.92. The molecule has 6 nitrogen and oxygen atoms in total. The van der Waals surface area contributed by atoms with Gasteiger partial charge in [0, 0.05) is 30.8 Å². The summed E-state index contributed by atoms with van der Waals surface area (Å²) in [6, 6.07) is 10.1. The highest BCUT2D eigenvalue weighted by molar-refractivity contribution is 6.33. The van der Waals surface area contributed by atoms with Crippen LogP contribution in [0.1, 0.15) is 39.1 Å². The molecule has 0 unspecified atom stereocenters. The van der Waals surface area contributed by atoms with E-state index in [0.29, 0.717) is 24.2 Å². The average Bonchev–Trinajstić information content (AvgIpc) is 3.19. The molecule has 0 saturated carbocycles. The Hall–Kier alpha value is -2.15. The van der Waals surface area contributed by atoms with E-state index in [-0.39, 0.29) is 22.1 Å². The largest absolute Gasteiger partial charge is 0.351 e. The molecule has 2 N–H and O–H groups in total. The molecule has 2 heterocycles. The Morgan fingerprint density at radius 1 is 0.929 bits per heavy atom. The summed E-state index contributed by atoms with van der Waals surface area (Å²) in [5, 5.41) is 6.07. The third-order valence-corrected chi connectivity index (χ3v) is 4.99. The first kappa shape index (κ1) is 20.6. The zero-order valence-corrected chi connectivity index (χ0v) is 16.9. The number of amides is 2. The summed E-state index contributed by atoms with van der Waals surface area (Å²) in [6.07, 6.45) is 2.49.